The number of non-ortho nitro benzene ring substituents is 1. The lowest BCUT2D eigenvalue weighted by molar-refractivity contribution is -0.384. The minimum absolute atomic E-state index is 0.0375. The van der Waals surface area contributed by atoms with Crippen LogP contribution < -0.4 is 9.62 Å². The number of carbonyl (C=O) groups is 2. The van der Waals surface area contributed by atoms with E-state index in [1.54, 1.807) is 31.2 Å². The zero-order valence-electron chi connectivity index (χ0n) is 20.0. The minimum Gasteiger partial charge on any atom is -0.352 e. The summed E-state index contributed by atoms with van der Waals surface area (Å²) in [5, 5.41) is 14.4. The van der Waals surface area contributed by atoms with Gasteiger partial charge in [-0.15, -0.1) is 0 Å². The third-order valence-electron chi connectivity index (χ3n) is 5.47. The van der Waals surface area contributed by atoms with Crippen LogP contribution in [0.5, 0.6) is 0 Å². The fourth-order valence-corrected chi connectivity index (χ4v) is 4.27. The molecule has 0 saturated heterocycles. The van der Waals surface area contributed by atoms with E-state index in [0.29, 0.717) is 17.0 Å². The van der Waals surface area contributed by atoms with E-state index in [1.807, 2.05) is 13.8 Å². The van der Waals surface area contributed by atoms with Gasteiger partial charge in [-0.25, -0.2) is 8.42 Å². The van der Waals surface area contributed by atoms with Crippen molar-refractivity contribution in [3.05, 3.63) is 69.2 Å². The van der Waals surface area contributed by atoms with E-state index in [9.17, 15) is 28.1 Å². The summed E-state index contributed by atoms with van der Waals surface area (Å²) in [6.07, 6.45) is 1.59. The smallest absolute Gasteiger partial charge is 0.271 e. The molecule has 1 N–H and O–H groups in total. The van der Waals surface area contributed by atoms with Gasteiger partial charge in [-0.3, -0.25) is 24.0 Å². The number of anilines is 1. The van der Waals surface area contributed by atoms with Gasteiger partial charge >= 0.3 is 0 Å². The molecule has 0 saturated carbocycles. The molecule has 0 aliphatic carbocycles. The number of halogens is 1. The molecule has 2 aromatic carbocycles. The molecule has 0 radical (unpaired) electrons. The molecule has 0 aromatic heterocycles. The maximum Gasteiger partial charge on any atom is 0.271 e. The highest BCUT2D eigenvalue weighted by Crippen LogP contribution is 2.24. The summed E-state index contributed by atoms with van der Waals surface area (Å²) < 4.78 is 25.9. The average Bonchev–Trinajstić information content (AvgIpc) is 2.80. The summed E-state index contributed by atoms with van der Waals surface area (Å²) in [6.45, 7) is 4.58. The Morgan fingerprint density at radius 1 is 1.14 bits per heavy atom. The summed E-state index contributed by atoms with van der Waals surface area (Å²) in [5.41, 5.74) is 0.217. The Morgan fingerprint density at radius 3 is 2.37 bits per heavy atom. The zero-order chi connectivity index (χ0) is 26.3. The van der Waals surface area contributed by atoms with Gasteiger partial charge in [-0.05, 0) is 38.0 Å². The lowest BCUT2D eigenvalue weighted by atomic mass is 10.1. The average molecular weight is 525 g/mol. The molecular formula is C23H29ClN4O6S. The first-order valence-corrected chi connectivity index (χ1v) is 13.1. The van der Waals surface area contributed by atoms with Crippen LogP contribution in [0.25, 0.3) is 0 Å². The number of benzene rings is 2. The molecule has 0 bridgehead atoms. The Labute approximate surface area is 210 Å². The fourth-order valence-electron chi connectivity index (χ4n) is 3.23. The van der Waals surface area contributed by atoms with Crippen LogP contribution in [-0.4, -0.2) is 54.9 Å². The van der Waals surface area contributed by atoms with E-state index in [-0.39, 0.29) is 24.0 Å². The van der Waals surface area contributed by atoms with Gasteiger partial charge in [0.15, 0.2) is 0 Å². The molecule has 2 amide bonds. The van der Waals surface area contributed by atoms with Gasteiger partial charge in [-0.1, -0.05) is 42.8 Å². The summed E-state index contributed by atoms with van der Waals surface area (Å²) in [7, 11) is -4.00. The molecule has 10 nitrogen and oxygen atoms in total. The highest BCUT2D eigenvalue weighted by molar-refractivity contribution is 7.92. The Morgan fingerprint density at radius 2 is 1.80 bits per heavy atom. The van der Waals surface area contributed by atoms with E-state index < -0.39 is 39.3 Å². The molecule has 0 aliphatic heterocycles. The van der Waals surface area contributed by atoms with Crippen LogP contribution in [0.4, 0.5) is 11.4 Å². The van der Waals surface area contributed by atoms with Crippen LogP contribution in [0.3, 0.4) is 0 Å². The van der Waals surface area contributed by atoms with Crippen LogP contribution >= 0.6 is 11.6 Å². The van der Waals surface area contributed by atoms with Crippen molar-refractivity contribution < 1.29 is 22.9 Å². The third-order valence-corrected chi connectivity index (χ3v) is 6.98. The molecule has 35 heavy (non-hydrogen) atoms. The number of hydrogen-bond acceptors (Lipinski definition) is 6. The lowest BCUT2D eigenvalue weighted by Crippen LogP contribution is -2.52. The number of nitrogens with one attached hydrogen (secondary N) is 1. The molecule has 2 rings (SSSR count). The lowest BCUT2D eigenvalue weighted by Gasteiger charge is -2.32. The molecule has 190 valence electrons. The fraction of sp³-hybridized carbons (Fsp3) is 0.391. The van der Waals surface area contributed by atoms with E-state index >= 15 is 0 Å². The first-order valence-electron chi connectivity index (χ1n) is 10.9. The van der Waals surface area contributed by atoms with Crippen LogP contribution in [0.2, 0.25) is 5.02 Å². The van der Waals surface area contributed by atoms with Crippen LogP contribution in [0.15, 0.2) is 48.5 Å². The predicted octanol–water partition coefficient (Wildman–Crippen LogP) is 3.35. The zero-order valence-corrected chi connectivity index (χ0v) is 21.5. The molecule has 2 aromatic rings. The molecule has 0 aliphatic rings. The maximum atomic E-state index is 13.5. The quantitative estimate of drug-likeness (QED) is 0.354. The third kappa shape index (κ3) is 7.66. The number of nitro benzene ring substituents is 1. The van der Waals surface area contributed by atoms with Crippen molar-refractivity contribution in [1.82, 2.24) is 10.2 Å². The van der Waals surface area contributed by atoms with Crippen molar-refractivity contribution in [2.45, 2.75) is 45.8 Å². The Balaban J connectivity index is 2.44. The second kappa shape index (κ2) is 12.0. The standard InChI is InChI=1S/C23H29ClN4O6S/c1-5-16(2)25-23(30)17(3)26(14-18-9-6-7-12-21(18)24)22(29)15-27(35(4,33)34)19-10-8-11-20(13-19)28(31)32/h6-13,16-17H,5,14-15H2,1-4H3,(H,25,30)/t16-,17+/m0/s1. The summed E-state index contributed by atoms with van der Waals surface area (Å²) in [5.74, 6) is -1.07. The topological polar surface area (TPSA) is 130 Å². The van der Waals surface area contributed by atoms with E-state index in [2.05, 4.69) is 5.32 Å². The van der Waals surface area contributed by atoms with Gasteiger partial charge in [0.2, 0.25) is 21.8 Å². The number of rotatable bonds is 11. The van der Waals surface area contributed by atoms with Crippen molar-refractivity contribution >= 4 is 44.8 Å². The summed E-state index contributed by atoms with van der Waals surface area (Å²) in [6, 6.07) is 10.7. The normalized spacial score (nSPS) is 12.9. The van der Waals surface area contributed by atoms with Gasteiger partial charge in [0.05, 0.1) is 16.9 Å². The van der Waals surface area contributed by atoms with Crippen molar-refractivity contribution in [2.24, 2.45) is 0 Å². The SMILES string of the molecule is CC[C@H](C)NC(=O)[C@@H](C)N(Cc1ccccc1Cl)C(=O)CN(c1cccc([N+](=O)[O-])c1)S(C)(=O)=O. The molecular weight excluding hydrogens is 496 g/mol. The Hall–Kier alpha value is -3.18. The largest absolute Gasteiger partial charge is 0.352 e. The van der Waals surface area contributed by atoms with Gasteiger partial charge in [0.1, 0.15) is 12.6 Å². The predicted molar refractivity (Wildman–Crippen MR) is 135 cm³/mol. The van der Waals surface area contributed by atoms with E-state index in [4.69, 9.17) is 11.6 Å². The number of amides is 2. The second-order valence-electron chi connectivity index (χ2n) is 8.15. The van der Waals surface area contributed by atoms with Gasteiger partial charge in [-0.2, -0.15) is 0 Å². The van der Waals surface area contributed by atoms with Crippen molar-refractivity contribution in [1.29, 1.82) is 0 Å². The minimum atomic E-state index is -4.00. The Bertz CT molecular complexity index is 1190. The monoisotopic (exact) mass is 524 g/mol. The second-order valence-corrected chi connectivity index (χ2v) is 10.5. The molecule has 0 unspecified atom stereocenters. The van der Waals surface area contributed by atoms with E-state index in [1.165, 1.54) is 23.1 Å². The van der Waals surface area contributed by atoms with Gasteiger partial charge in [0.25, 0.3) is 5.69 Å². The van der Waals surface area contributed by atoms with E-state index in [0.717, 1.165) is 16.6 Å². The molecule has 0 spiro atoms. The first-order chi connectivity index (χ1) is 16.3. The number of hydrogen-bond donors (Lipinski definition) is 1. The highest BCUT2D eigenvalue weighted by Gasteiger charge is 2.31. The number of sulfonamides is 1. The molecule has 2 atom stereocenters. The van der Waals surface area contributed by atoms with Gasteiger partial charge < -0.3 is 10.2 Å². The van der Waals surface area contributed by atoms with Crippen molar-refractivity contribution in [3.8, 4) is 0 Å². The number of nitro groups is 1. The van der Waals surface area contributed by atoms with Gasteiger partial charge in [0, 0.05) is 29.7 Å². The van der Waals surface area contributed by atoms with Crippen molar-refractivity contribution in [3.63, 3.8) is 0 Å². The summed E-state index contributed by atoms with van der Waals surface area (Å²) >= 11 is 6.28. The number of nitrogens with zero attached hydrogens (tertiary/aromatic N) is 3. The molecule has 0 heterocycles. The van der Waals surface area contributed by atoms with Crippen LogP contribution in [0, 0.1) is 10.1 Å². The molecule has 12 heteroatoms. The Kier molecular flexibility index (Phi) is 9.61. The maximum absolute atomic E-state index is 13.5. The first kappa shape index (κ1) is 28.1. The number of carbonyl (C=O) groups excluding carboxylic acids is 2. The molecule has 0 fully saturated rings. The van der Waals surface area contributed by atoms with Crippen molar-refractivity contribution in [2.75, 3.05) is 17.1 Å². The van der Waals surface area contributed by atoms with Crippen LogP contribution in [0.1, 0.15) is 32.8 Å². The van der Waals surface area contributed by atoms with Crippen LogP contribution in [-0.2, 0) is 26.2 Å². The highest BCUT2D eigenvalue weighted by atomic mass is 35.5. The summed E-state index contributed by atoms with van der Waals surface area (Å²) in [4.78, 5) is 38.1.